The van der Waals surface area contributed by atoms with E-state index in [2.05, 4.69) is 0 Å². The molecule has 124 valence electrons. The highest BCUT2D eigenvalue weighted by Crippen LogP contribution is 2.27. The number of amides is 2. The van der Waals surface area contributed by atoms with E-state index in [1.165, 1.54) is 4.90 Å². The maximum absolute atomic E-state index is 13.7. The minimum absolute atomic E-state index is 0.123. The number of halogens is 2. The second-order valence-corrected chi connectivity index (χ2v) is 6.22. The molecule has 2 fully saturated rings. The maximum atomic E-state index is 13.7. The summed E-state index contributed by atoms with van der Waals surface area (Å²) < 4.78 is 26.9. The zero-order valence-electron chi connectivity index (χ0n) is 12.9. The van der Waals surface area contributed by atoms with Crippen molar-refractivity contribution in [2.45, 2.75) is 25.7 Å². The van der Waals surface area contributed by atoms with Gasteiger partial charge in [0.2, 0.25) is 5.91 Å². The van der Waals surface area contributed by atoms with Gasteiger partial charge in [-0.2, -0.15) is 0 Å². The zero-order chi connectivity index (χ0) is 16.4. The molecule has 0 atom stereocenters. The molecule has 0 bridgehead atoms. The number of piperazine rings is 1. The van der Waals surface area contributed by atoms with Gasteiger partial charge in [0.1, 0.15) is 11.6 Å². The second kappa shape index (κ2) is 6.64. The second-order valence-electron chi connectivity index (χ2n) is 6.22. The zero-order valence-corrected chi connectivity index (χ0v) is 12.9. The third-order valence-electron chi connectivity index (χ3n) is 4.74. The summed E-state index contributed by atoms with van der Waals surface area (Å²) in [6.07, 6.45) is 4.11. The Balaban J connectivity index is 1.61. The molecular weight excluding hydrogens is 302 g/mol. The van der Waals surface area contributed by atoms with Gasteiger partial charge in [0, 0.05) is 32.1 Å². The first kappa shape index (κ1) is 15.9. The third-order valence-corrected chi connectivity index (χ3v) is 4.74. The Labute approximate surface area is 134 Å². The molecule has 0 spiro atoms. The highest BCUT2D eigenvalue weighted by Gasteiger charge is 2.31. The Morgan fingerprint density at radius 2 is 1.57 bits per heavy atom. The number of hydrogen-bond acceptors (Lipinski definition) is 2. The largest absolute Gasteiger partial charge is 0.339 e. The van der Waals surface area contributed by atoms with Crippen molar-refractivity contribution in [3.8, 4) is 0 Å². The summed E-state index contributed by atoms with van der Waals surface area (Å²) in [7, 11) is 0. The summed E-state index contributed by atoms with van der Waals surface area (Å²) >= 11 is 0. The van der Waals surface area contributed by atoms with Crippen LogP contribution in [0, 0.1) is 17.6 Å². The van der Waals surface area contributed by atoms with Crippen molar-refractivity contribution in [2.24, 2.45) is 5.92 Å². The molecule has 1 saturated carbocycles. The predicted molar refractivity (Wildman–Crippen MR) is 80.8 cm³/mol. The predicted octanol–water partition coefficient (Wildman–Crippen LogP) is 2.44. The van der Waals surface area contributed by atoms with Crippen LogP contribution in [0.3, 0.4) is 0 Å². The van der Waals surface area contributed by atoms with Crippen LogP contribution in [0.2, 0.25) is 0 Å². The Morgan fingerprint density at radius 1 is 0.957 bits per heavy atom. The van der Waals surface area contributed by atoms with Gasteiger partial charge in [-0.1, -0.05) is 12.8 Å². The molecule has 0 unspecified atom stereocenters. The molecule has 1 aliphatic carbocycles. The van der Waals surface area contributed by atoms with Crippen LogP contribution in [0.1, 0.15) is 36.0 Å². The van der Waals surface area contributed by atoms with E-state index in [0.29, 0.717) is 26.2 Å². The molecule has 4 nitrogen and oxygen atoms in total. The van der Waals surface area contributed by atoms with Crippen LogP contribution in [0.4, 0.5) is 8.78 Å². The fraction of sp³-hybridized carbons (Fsp3) is 0.529. The number of carbonyl (C=O) groups excluding carboxylic acids is 2. The van der Waals surface area contributed by atoms with Crippen LogP contribution >= 0.6 is 0 Å². The number of carbonyl (C=O) groups is 2. The molecule has 1 saturated heterocycles. The Kier molecular flexibility index (Phi) is 4.59. The summed E-state index contributed by atoms with van der Waals surface area (Å²) in [5.74, 6) is -1.58. The van der Waals surface area contributed by atoms with Crippen molar-refractivity contribution in [2.75, 3.05) is 26.2 Å². The Morgan fingerprint density at radius 3 is 2.22 bits per heavy atom. The molecule has 3 rings (SSSR count). The first-order chi connectivity index (χ1) is 11.1. The van der Waals surface area contributed by atoms with Gasteiger partial charge in [-0.15, -0.1) is 0 Å². The van der Waals surface area contributed by atoms with Gasteiger partial charge < -0.3 is 9.80 Å². The molecule has 0 N–H and O–H groups in total. The highest BCUT2D eigenvalue weighted by molar-refractivity contribution is 5.94. The normalized spacial score (nSPS) is 19.2. The van der Waals surface area contributed by atoms with Gasteiger partial charge in [-0.25, -0.2) is 8.78 Å². The number of nitrogens with zero attached hydrogens (tertiary/aromatic N) is 2. The van der Waals surface area contributed by atoms with E-state index in [4.69, 9.17) is 0 Å². The van der Waals surface area contributed by atoms with Crippen molar-refractivity contribution < 1.29 is 18.4 Å². The standard InChI is InChI=1S/C17H20F2N2O2/c18-13-5-6-15(19)14(11-13)17(23)21-9-7-20(8-10-21)16(22)12-3-1-2-4-12/h5-6,11-12H,1-4,7-10H2. The molecule has 1 aliphatic heterocycles. The molecule has 0 aromatic heterocycles. The molecule has 6 heteroatoms. The molecule has 2 aliphatic rings. The van der Waals surface area contributed by atoms with Crippen molar-refractivity contribution in [3.05, 3.63) is 35.4 Å². The van der Waals surface area contributed by atoms with E-state index in [1.807, 2.05) is 0 Å². The fourth-order valence-electron chi connectivity index (χ4n) is 3.39. The van der Waals surface area contributed by atoms with Crippen LogP contribution < -0.4 is 0 Å². The van der Waals surface area contributed by atoms with E-state index in [0.717, 1.165) is 43.9 Å². The van der Waals surface area contributed by atoms with E-state index < -0.39 is 17.5 Å². The van der Waals surface area contributed by atoms with Gasteiger partial charge in [-0.05, 0) is 31.0 Å². The van der Waals surface area contributed by atoms with Gasteiger partial charge in [0.15, 0.2) is 0 Å². The van der Waals surface area contributed by atoms with Gasteiger partial charge >= 0.3 is 0 Å². The minimum Gasteiger partial charge on any atom is -0.339 e. The molecular formula is C17H20F2N2O2. The Hall–Kier alpha value is -1.98. The lowest BCUT2D eigenvalue weighted by Gasteiger charge is -2.36. The first-order valence-electron chi connectivity index (χ1n) is 8.09. The molecule has 23 heavy (non-hydrogen) atoms. The van der Waals surface area contributed by atoms with Gasteiger partial charge in [-0.3, -0.25) is 9.59 Å². The molecule has 1 aromatic rings. The first-order valence-corrected chi connectivity index (χ1v) is 8.09. The van der Waals surface area contributed by atoms with Crippen molar-refractivity contribution in [1.82, 2.24) is 9.80 Å². The van der Waals surface area contributed by atoms with E-state index >= 15 is 0 Å². The van der Waals surface area contributed by atoms with E-state index in [9.17, 15) is 18.4 Å². The quantitative estimate of drug-likeness (QED) is 0.839. The SMILES string of the molecule is O=C(c1cc(F)ccc1F)N1CCN(C(=O)C2CCCC2)CC1. The topological polar surface area (TPSA) is 40.6 Å². The number of rotatable bonds is 2. The average Bonchev–Trinajstić information content (AvgIpc) is 3.10. The summed E-state index contributed by atoms with van der Waals surface area (Å²) in [6, 6.07) is 2.88. The van der Waals surface area contributed by atoms with Crippen LogP contribution in [-0.4, -0.2) is 47.8 Å². The summed E-state index contributed by atoms with van der Waals surface area (Å²) in [5, 5.41) is 0. The minimum atomic E-state index is -0.721. The average molecular weight is 322 g/mol. The van der Waals surface area contributed by atoms with Crippen LogP contribution in [0.25, 0.3) is 0 Å². The van der Waals surface area contributed by atoms with Crippen LogP contribution in [0.5, 0.6) is 0 Å². The molecule has 1 heterocycles. The van der Waals surface area contributed by atoms with Crippen LogP contribution in [0.15, 0.2) is 18.2 Å². The summed E-state index contributed by atoms with van der Waals surface area (Å²) in [5.41, 5.74) is -0.249. The Bertz CT molecular complexity index is 607. The monoisotopic (exact) mass is 322 g/mol. The van der Waals surface area contributed by atoms with Crippen molar-refractivity contribution in [1.29, 1.82) is 0 Å². The third kappa shape index (κ3) is 3.35. The van der Waals surface area contributed by atoms with E-state index in [-0.39, 0.29) is 17.4 Å². The highest BCUT2D eigenvalue weighted by atomic mass is 19.1. The summed E-state index contributed by atoms with van der Waals surface area (Å²) in [6.45, 7) is 1.62. The number of hydrogen-bond donors (Lipinski definition) is 0. The molecule has 1 aromatic carbocycles. The molecule has 2 amide bonds. The maximum Gasteiger partial charge on any atom is 0.257 e. The molecule has 0 radical (unpaired) electrons. The summed E-state index contributed by atoms with van der Waals surface area (Å²) in [4.78, 5) is 28.0. The van der Waals surface area contributed by atoms with Crippen molar-refractivity contribution >= 4 is 11.8 Å². The lowest BCUT2D eigenvalue weighted by atomic mass is 10.1. The lowest BCUT2D eigenvalue weighted by Crippen LogP contribution is -2.51. The van der Waals surface area contributed by atoms with Gasteiger partial charge in [0.05, 0.1) is 5.56 Å². The fourth-order valence-corrected chi connectivity index (χ4v) is 3.39. The lowest BCUT2D eigenvalue weighted by molar-refractivity contribution is -0.136. The van der Waals surface area contributed by atoms with Crippen LogP contribution in [-0.2, 0) is 4.79 Å². The smallest absolute Gasteiger partial charge is 0.257 e. The number of benzene rings is 1. The van der Waals surface area contributed by atoms with E-state index in [1.54, 1.807) is 4.90 Å². The van der Waals surface area contributed by atoms with Gasteiger partial charge in [0.25, 0.3) is 5.91 Å². The van der Waals surface area contributed by atoms with Crippen molar-refractivity contribution in [3.63, 3.8) is 0 Å².